The molecule has 1 aromatic heterocycles. The molecule has 35 heavy (non-hydrogen) atoms. The van der Waals surface area contributed by atoms with Crippen LogP contribution in [0.1, 0.15) is 92.5 Å². The van der Waals surface area contributed by atoms with E-state index in [9.17, 15) is 19.8 Å². The van der Waals surface area contributed by atoms with E-state index >= 15 is 0 Å². The van der Waals surface area contributed by atoms with Crippen molar-refractivity contribution in [2.24, 2.45) is 11.8 Å². The van der Waals surface area contributed by atoms with Gasteiger partial charge in [0.05, 0.1) is 12.5 Å². The molecular formula is C28H35ClN2O4. The maximum absolute atomic E-state index is 13.5. The van der Waals surface area contributed by atoms with E-state index in [0.717, 1.165) is 24.0 Å². The highest BCUT2D eigenvalue weighted by Crippen LogP contribution is 2.32. The van der Waals surface area contributed by atoms with Crippen LogP contribution in [0.25, 0.3) is 0 Å². The van der Waals surface area contributed by atoms with E-state index in [0.29, 0.717) is 62.4 Å². The number of carboxylic acids is 1. The topological polar surface area (TPSA) is 92.4 Å². The number of hydrogen-bond acceptors (Lipinski definition) is 4. The smallest absolute Gasteiger partial charge is 0.306 e. The predicted octanol–water partition coefficient (Wildman–Crippen LogP) is 5.65. The summed E-state index contributed by atoms with van der Waals surface area (Å²) < 4.78 is 1.71. The molecule has 0 saturated heterocycles. The van der Waals surface area contributed by atoms with Crippen LogP contribution in [0.2, 0.25) is 5.28 Å². The van der Waals surface area contributed by atoms with Crippen molar-refractivity contribution in [3.05, 3.63) is 52.1 Å². The number of nitrogens with zero attached hydrogens (tertiary/aromatic N) is 2. The van der Waals surface area contributed by atoms with Crippen LogP contribution >= 0.6 is 11.6 Å². The molecule has 0 atom stereocenters. The molecule has 1 aliphatic carbocycles. The van der Waals surface area contributed by atoms with Gasteiger partial charge in [-0.05, 0) is 80.9 Å². The Morgan fingerprint density at radius 2 is 1.77 bits per heavy atom. The average Bonchev–Trinajstić information content (AvgIpc) is 3.17. The highest BCUT2D eigenvalue weighted by Gasteiger charge is 2.28. The Hall–Kier alpha value is -2.62. The Kier molecular flexibility index (Phi) is 9.15. The van der Waals surface area contributed by atoms with Crippen LogP contribution in [0.15, 0.2) is 24.3 Å². The Labute approximate surface area is 212 Å². The number of carbonyl (C=O) groups is 2. The van der Waals surface area contributed by atoms with Crippen molar-refractivity contribution >= 4 is 23.4 Å². The molecule has 188 valence electrons. The van der Waals surface area contributed by atoms with Gasteiger partial charge in [-0.25, -0.2) is 4.98 Å². The first-order valence-electron chi connectivity index (χ1n) is 12.5. The van der Waals surface area contributed by atoms with Gasteiger partial charge in [0, 0.05) is 6.42 Å². The molecule has 0 aliphatic heterocycles. The number of aliphatic hydroxyl groups is 1. The van der Waals surface area contributed by atoms with Gasteiger partial charge in [-0.2, -0.15) is 0 Å². The summed E-state index contributed by atoms with van der Waals surface area (Å²) in [6.07, 6.45) is 4.91. The van der Waals surface area contributed by atoms with E-state index in [1.807, 2.05) is 45.0 Å². The number of benzene rings is 1. The highest BCUT2D eigenvalue weighted by molar-refractivity contribution is 6.29. The molecule has 1 saturated carbocycles. The van der Waals surface area contributed by atoms with Crippen LogP contribution in [0.5, 0.6) is 0 Å². The van der Waals surface area contributed by atoms with Crippen LogP contribution in [0.4, 0.5) is 0 Å². The zero-order valence-electron chi connectivity index (χ0n) is 20.8. The maximum Gasteiger partial charge on any atom is 0.306 e. The van der Waals surface area contributed by atoms with E-state index in [1.165, 1.54) is 0 Å². The van der Waals surface area contributed by atoms with Gasteiger partial charge >= 0.3 is 5.97 Å². The molecule has 0 bridgehead atoms. The zero-order valence-corrected chi connectivity index (χ0v) is 21.6. The summed E-state index contributed by atoms with van der Waals surface area (Å²) in [6, 6.07) is 8.02. The molecule has 2 aromatic rings. The molecule has 1 aromatic carbocycles. The molecular weight excluding hydrogens is 464 g/mol. The van der Waals surface area contributed by atoms with Gasteiger partial charge in [0.1, 0.15) is 17.0 Å². The SMILES string of the molecule is CCC(O)(C#Cc1nc(Cl)n(Cc2ccc(C)cc2)c1C(=O)CCC1CCC(C(=O)O)CC1)CC. The van der Waals surface area contributed by atoms with E-state index in [2.05, 4.69) is 16.8 Å². The quantitative estimate of drug-likeness (QED) is 0.344. The fourth-order valence-electron chi connectivity index (χ4n) is 4.57. The zero-order chi connectivity index (χ0) is 25.6. The second kappa shape index (κ2) is 11.9. The van der Waals surface area contributed by atoms with Crippen molar-refractivity contribution in [1.29, 1.82) is 0 Å². The fraction of sp³-hybridized carbons (Fsp3) is 0.536. The number of carbonyl (C=O) groups excluding carboxylic acids is 1. The summed E-state index contributed by atoms with van der Waals surface area (Å²) in [5, 5.41) is 20.0. The molecule has 1 fully saturated rings. The summed E-state index contributed by atoms with van der Waals surface area (Å²) in [5.41, 5.74) is 1.66. The van der Waals surface area contributed by atoms with Gasteiger partial charge in [-0.1, -0.05) is 49.6 Å². The first-order chi connectivity index (χ1) is 16.7. The lowest BCUT2D eigenvalue weighted by atomic mass is 9.79. The Bertz CT molecular complexity index is 1100. The van der Waals surface area contributed by atoms with Crippen LogP contribution < -0.4 is 0 Å². The molecule has 0 amide bonds. The van der Waals surface area contributed by atoms with E-state index < -0.39 is 11.6 Å². The standard InChI is InChI=1S/C28H35ClN2O4/c1-4-28(35,5-2)17-16-23-25(24(32)15-12-20-10-13-22(14-11-20)26(33)34)31(27(29)30-23)18-21-8-6-19(3)7-9-21/h6-9,20,22,35H,4-5,10-15,18H2,1-3H3,(H,33,34). The highest BCUT2D eigenvalue weighted by atomic mass is 35.5. The molecule has 1 heterocycles. The first kappa shape index (κ1) is 27.0. The Morgan fingerprint density at radius 3 is 2.34 bits per heavy atom. The lowest BCUT2D eigenvalue weighted by Gasteiger charge is -2.25. The molecule has 1 aliphatic rings. The number of Topliss-reactive ketones (excluding diaryl/α,β-unsaturated/α-hetero) is 1. The monoisotopic (exact) mass is 498 g/mol. The van der Waals surface area contributed by atoms with Crippen molar-refractivity contribution in [3.63, 3.8) is 0 Å². The number of ketones is 1. The van der Waals surface area contributed by atoms with Gasteiger partial charge in [-0.15, -0.1) is 0 Å². The van der Waals surface area contributed by atoms with Crippen LogP contribution in [0.3, 0.4) is 0 Å². The number of imidazole rings is 1. The predicted molar refractivity (Wildman–Crippen MR) is 137 cm³/mol. The number of halogens is 1. The van der Waals surface area contributed by atoms with E-state index in [-0.39, 0.29) is 17.0 Å². The third kappa shape index (κ3) is 6.96. The number of hydrogen-bond donors (Lipinski definition) is 2. The van der Waals surface area contributed by atoms with Crippen LogP contribution in [-0.4, -0.2) is 37.1 Å². The van der Waals surface area contributed by atoms with Gasteiger partial charge in [0.15, 0.2) is 5.78 Å². The molecule has 6 nitrogen and oxygen atoms in total. The van der Waals surface area contributed by atoms with Gasteiger partial charge in [-0.3, -0.25) is 9.59 Å². The van der Waals surface area contributed by atoms with Crippen molar-refractivity contribution in [3.8, 4) is 11.8 Å². The maximum atomic E-state index is 13.5. The van der Waals surface area contributed by atoms with Crippen molar-refractivity contribution in [1.82, 2.24) is 9.55 Å². The molecule has 3 rings (SSSR count). The van der Waals surface area contributed by atoms with Crippen molar-refractivity contribution in [2.75, 3.05) is 0 Å². The van der Waals surface area contributed by atoms with Gasteiger partial charge in [0.2, 0.25) is 5.28 Å². The second-order valence-electron chi connectivity index (χ2n) is 9.66. The summed E-state index contributed by atoms with van der Waals surface area (Å²) in [5.74, 6) is 5.10. The minimum Gasteiger partial charge on any atom is -0.481 e. The summed E-state index contributed by atoms with van der Waals surface area (Å²) >= 11 is 6.50. The van der Waals surface area contributed by atoms with E-state index in [4.69, 9.17) is 11.6 Å². The number of aliphatic carboxylic acids is 1. The second-order valence-corrected chi connectivity index (χ2v) is 9.99. The van der Waals surface area contributed by atoms with Gasteiger partial charge in [0.25, 0.3) is 0 Å². The summed E-state index contributed by atoms with van der Waals surface area (Å²) in [6.45, 7) is 6.15. The summed E-state index contributed by atoms with van der Waals surface area (Å²) in [7, 11) is 0. The van der Waals surface area contributed by atoms with E-state index in [1.54, 1.807) is 4.57 Å². The average molecular weight is 499 g/mol. The lowest BCUT2D eigenvalue weighted by Crippen LogP contribution is -2.24. The first-order valence-corrected chi connectivity index (χ1v) is 12.9. The Balaban J connectivity index is 1.85. The lowest BCUT2D eigenvalue weighted by molar-refractivity contribution is -0.143. The molecule has 0 radical (unpaired) electrons. The number of aryl methyl sites for hydroxylation is 1. The van der Waals surface area contributed by atoms with Crippen LogP contribution in [-0.2, 0) is 11.3 Å². The summed E-state index contributed by atoms with van der Waals surface area (Å²) in [4.78, 5) is 29.1. The number of aromatic nitrogens is 2. The number of carboxylic acid groups (broad SMARTS) is 1. The minimum absolute atomic E-state index is 0.0855. The van der Waals surface area contributed by atoms with Gasteiger partial charge < -0.3 is 14.8 Å². The normalized spacial score (nSPS) is 18.1. The van der Waals surface area contributed by atoms with Crippen LogP contribution in [0, 0.1) is 30.6 Å². The molecule has 0 unspecified atom stereocenters. The third-order valence-electron chi connectivity index (χ3n) is 7.21. The Morgan fingerprint density at radius 1 is 1.14 bits per heavy atom. The molecule has 2 N–H and O–H groups in total. The number of rotatable bonds is 9. The molecule has 0 spiro atoms. The third-order valence-corrected chi connectivity index (χ3v) is 7.49. The molecule has 7 heteroatoms. The minimum atomic E-state index is -1.14. The fourth-order valence-corrected chi connectivity index (χ4v) is 4.80. The van der Waals surface area contributed by atoms with Crippen molar-refractivity contribution < 1.29 is 19.8 Å². The largest absolute Gasteiger partial charge is 0.481 e. The van der Waals surface area contributed by atoms with Crippen molar-refractivity contribution in [2.45, 2.75) is 84.3 Å².